The lowest BCUT2D eigenvalue weighted by molar-refractivity contribution is -0.137. The molecule has 0 spiro atoms. The van der Waals surface area contributed by atoms with E-state index in [9.17, 15) is 22.4 Å². The second-order valence-corrected chi connectivity index (χ2v) is 7.64. The summed E-state index contributed by atoms with van der Waals surface area (Å²) in [7, 11) is 0. The van der Waals surface area contributed by atoms with E-state index in [1.54, 1.807) is 11.5 Å². The van der Waals surface area contributed by atoms with Crippen LogP contribution in [0.1, 0.15) is 34.2 Å². The summed E-state index contributed by atoms with van der Waals surface area (Å²) in [6.45, 7) is 2.28. The van der Waals surface area contributed by atoms with Crippen LogP contribution in [0.25, 0.3) is 11.5 Å². The summed E-state index contributed by atoms with van der Waals surface area (Å²) >= 11 is 6.25. The number of thiazole rings is 1. The molecule has 0 N–H and O–H groups in total. The Kier molecular flexibility index (Phi) is 4.82. The predicted molar refractivity (Wildman–Crippen MR) is 97.0 cm³/mol. The molecule has 12 heteroatoms. The van der Waals surface area contributed by atoms with Gasteiger partial charge in [-0.3, -0.25) is 4.79 Å². The predicted octanol–water partition coefficient (Wildman–Crippen LogP) is 4.43. The highest BCUT2D eigenvalue weighted by Crippen LogP contribution is 2.35. The minimum Gasteiger partial charge on any atom is -0.327 e. The number of nitrogens with zero attached hydrogens (tertiary/aromatic N) is 5. The van der Waals surface area contributed by atoms with Gasteiger partial charge in [-0.25, -0.2) is 9.37 Å². The van der Waals surface area contributed by atoms with Gasteiger partial charge in [0, 0.05) is 24.0 Å². The van der Waals surface area contributed by atoms with E-state index in [1.165, 1.54) is 22.4 Å². The van der Waals surface area contributed by atoms with Gasteiger partial charge in [0.15, 0.2) is 16.7 Å². The molecule has 1 aliphatic heterocycles. The molecule has 1 amide bonds. The van der Waals surface area contributed by atoms with E-state index >= 15 is 0 Å². The molecule has 0 saturated heterocycles. The zero-order valence-electron chi connectivity index (χ0n) is 14.7. The molecule has 0 fully saturated rings. The third-order valence-corrected chi connectivity index (χ3v) is 5.77. The van der Waals surface area contributed by atoms with Crippen molar-refractivity contribution in [3.8, 4) is 11.5 Å². The van der Waals surface area contributed by atoms with Crippen LogP contribution in [0.5, 0.6) is 0 Å². The summed E-state index contributed by atoms with van der Waals surface area (Å²) in [5.41, 5.74) is 0.309. The fourth-order valence-electron chi connectivity index (χ4n) is 3.15. The largest absolute Gasteiger partial charge is 0.443 e. The van der Waals surface area contributed by atoms with E-state index in [0.29, 0.717) is 17.2 Å². The number of rotatable bonds is 2. The van der Waals surface area contributed by atoms with Crippen molar-refractivity contribution < 1.29 is 22.4 Å². The monoisotopic (exact) mass is 445 g/mol. The third kappa shape index (κ3) is 3.48. The summed E-state index contributed by atoms with van der Waals surface area (Å²) in [6.07, 6.45) is -4.53. The normalized spacial score (nSPS) is 16.8. The van der Waals surface area contributed by atoms with E-state index in [-0.39, 0.29) is 41.1 Å². The highest BCUT2D eigenvalue weighted by atomic mass is 35.5. The Morgan fingerprint density at radius 2 is 2.03 bits per heavy atom. The van der Waals surface area contributed by atoms with Crippen LogP contribution >= 0.6 is 22.9 Å². The van der Waals surface area contributed by atoms with Crippen molar-refractivity contribution in [2.24, 2.45) is 0 Å². The lowest BCUT2D eigenvalue weighted by Crippen LogP contribution is -2.41. The van der Waals surface area contributed by atoms with Gasteiger partial charge in [0.05, 0.1) is 11.1 Å². The molecule has 0 aliphatic carbocycles. The van der Waals surface area contributed by atoms with Crippen LogP contribution < -0.4 is 0 Å². The quantitative estimate of drug-likeness (QED) is 0.547. The molecule has 1 unspecified atom stereocenters. The number of alkyl halides is 3. The minimum atomic E-state index is -4.53. The first-order valence-electron chi connectivity index (χ1n) is 8.39. The zero-order valence-corrected chi connectivity index (χ0v) is 16.3. The summed E-state index contributed by atoms with van der Waals surface area (Å²) in [6, 6.07) is 3.22. The highest BCUT2D eigenvalue weighted by Gasteiger charge is 2.36. The number of amides is 1. The molecule has 1 atom stereocenters. The molecular weight excluding hydrogens is 434 g/mol. The molecule has 29 heavy (non-hydrogen) atoms. The number of hydrogen-bond donors (Lipinski definition) is 0. The molecule has 1 aliphatic rings. The van der Waals surface area contributed by atoms with E-state index in [1.807, 2.05) is 0 Å². The van der Waals surface area contributed by atoms with Gasteiger partial charge < -0.3 is 9.47 Å². The van der Waals surface area contributed by atoms with E-state index in [4.69, 9.17) is 11.6 Å². The molecule has 152 valence electrons. The maximum atomic E-state index is 13.4. The molecule has 3 heterocycles. The first-order chi connectivity index (χ1) is 13.7. The average molecular weight is 446 g/mol. The lowest BCUT2D eigenvalue weighted by Gasteiger charge is -2.33. The number of halogens is 5. The Labute approximate surface area is 170 Å². The van der Waals surface area contributed by atoms with Crippen molar-refractivity contribution in [1.82, 2.24) is 24.6 Å². The standard InChI is InChI=1S/C17H12ClF4N5OS/c1-8-13-24-25-14(12-7-29-16(23-12)17(20,21)22)27(13)5-4-26(8)15(28)9-2-3-11(19)10(18)6-9/h2-3,6-8H,4-5H2,1H3. The maximum Gasteiger partial charge on any atom is 0.443 e. The Bertz CT molecular complexity index is 1100. The first kappa shape index (κ1) is 19.8. The van der Waals surface area contributed by atoms with Crippen LogP contribution in [0.3, 0.4) is 0 Å². The van der Waals surface area contributed by atoms with Crippen molar-refractivity contribution in [2.45, 2.75) is 25.7 Å². The molecule has 4 rings (SSSR count). The molecule has 0 radical (unpaired) electrons. The second-order valence-electron chi connectivity index (χ2n) is 6.37. The van der Waals surface area contributed by atoms with E-state index in [2.05, 4.69) is 15.2 Å². The smallest absolute Gasteiger partial charge is 0.327 e. The summed E-state index contributed by atoms with van der Waals surface area (Å²) < 4.78 is 53.5. The molecular formula is C17H12ClF4N5OS. The van der Waals surface area contributed by atoms with Gasteiger partial charge in [-0.15, -0.1) is 21.5 Å². The van der Waals surface area contributed by atoms with Crippen LogP contribution in [-0.4, -0.2) is 37.1 Å². The minimum absolute atomic E-state index is 0.0818. The zero-order chi connectivity index (χ0) is 20.9. The molecule has 3 aromatic rings. The number of hydrogen-bond acceptors (Lipinski definition) is 5. The van der Waals surface area contributed by atoms with Crippen LogP contribution in [0, 0.1) is 5.82 Å². The summed E-state index contributed by atoms with van der Waals surface area (Å²) in [5, 5.41) is 8.21. The highest BCUT2D eigenvalue weighted by molar-refractivity contribution is 7.10. The van der Waals surface area contributed by atoms with Gasteiger partial charge in [-0.2, -0.15) is 13.2 Å². The molecule has 0 saturated carbocycles. The van der Waals surface area contributed by atoms with E-state index in [0.717, 1.165) is 6.07 Å². The number of carbonyl (C=O) groups is 1. The van der Waals surface area contributed by atoms with Gasteiger partial charge in [0.2, 0.25) is 0 Å². The Morgan fingerprint density at radius 1 is 1.28 bits per heavy atom. The Morgan fingerprint density at radius 3 is 2.69 bits per heavy atom. The van der Waals surface area contributed by atoms with Crippen molar-refractivity contribution >= 4 is 28.8 Å². The van der Waals surface area contributed by atoms with Gasteiger partial charge in [-0.1, -0.05) is 11.6 Å². The topological polar surface area (TPSA) is 63.9 Å². The van der Waals surface area contributed by atoms with Crippen molar-refractivity contribution in [2.75, 3.05) is 6.54 Å². The van der Waals surface area contributed by atoms with Gasteiger partial charge >= 0.3 is 6.18 Å². The Hall–Kier alpha value is -2.53. The molecule has 2 aromatic heterocycles. The van der Waals surface area contributed by atoms with E-state index < -0.39 is 23.0 Å². The second kappa shape index (κ2) is 7.06. The van der Waals surface area contributed by atoms with Crippen LogP contribution in [-0.2, 0) is 12.7 Å². The van der Waals surface area contributed by atoms with Gasteiger partial charge in [-0.05, 0) is 25.1 Å². The number of benzene rings is 1. The average Bonchev–Trinajstić information content (AvgIpc) is 3.30. The SMILES string of the molecule is CC1c2nnc(-c3csc(C(F)(F)F)n3)n2CCN1C(=O)c1ccc(F)c(Cl)c1. The number of aromatic nitrogens is 4. The summed E-state index contributed by atoms with van der Waals surface area (Å²) in [5.74, 6) is -0.339. The van der Waals surface area contributed by atoms with Crippen LogP contribution in [0.2, 0.25) is 5.02 Å². The molecule has 6 nitrogen and oxygen atoms in total. The number of fused-ring (bicyclic) bond motifs is 1. The fraction of sp³-hybridized carbons (Fsp3) is 0.294. The Balaban J connectivity index is 1.62. The van der Waals surface area contributed by atoms with Crippen molar-refractivity contribution in [3.05, 3.63) is 50.8 Å². The van der Waals surface area contributed by atoms with Gasteiger partial charge in [0.1, 0.15) is 11.5 Å². The first-order valence-corrected chi connectivity index (χ1v) is 9.65. The third-order valence-electron chi connectivity index (χ3n) is 4.59. The maximum absolute atomic E-state index is 13.4. The van der Waals surface area contributed by atoms with Crippen molar-refractivity contribution in [1.29, 1.82) is 0 Å². The summed E-state index contributed by atoms with van der Waals surface area (Å²) in [4.78, 5) is 18.0. The van der Waals surface area contributed by atoms with Gasteiger partial charge in [0.25, 0.3) is 5.91 Å². The molecule has 0 bridgehead atoms. The fourth-order valence-corrected chi connectivity index (χ4v) is 4.00. The number of carbonyl (C=O) groups excluding carboxylic acids is 1. The lowest BCUT2D eigenvalue weighted by atomic mass is 10.1. The van der Waals surface area contributed by atoms with Crippen LogP contribution in [0.4, 0.5) is 17.6 Å². The van der Waals surface area contributed by atoms with Crippen molar-refractivity contribution in [3.63, 3.8) is 0 Å². The van der Waals surface area contributed by atoms with Crippen LogP contribution in [0.15, 0.2) is 23.6 Å². The molecule has 1 aromatic carbocycles.